The molecule has 14 heavy (non-hydrogen) atoms. The lowest BCUT2D eigenvalue weighted by molar-refractivity contribution is 0.568. The van der Waals surface area contributed by atoms with Crippen molar-refractivity contribution >= 4 is 6.08 Å². The second-order valence-corrected chi connectivity index (χ2v) is 3.53. The van der Waals surface area contributed by atoms with Gasteiger partial charge in [-0.1, -0.05) is 49.4 Å². The van der Waals surface area contributed by atoms with E-state index in [1.165, 1.54) is 12.0 Å². The number of benzene rings is 1. The number of hydrogen-bond donors (Lipinski definition) is 1. The highest BCUT2D eigenvalue weighted by atomic mass is 14.9. The molecular weight excluding hydrogens is 170 g/mol. The molecule has 1 rings (SSSR count). The molecule has 0 amide bonds. The maximum Gasteiger partial charge on any atom is 0.0140 e. The highest BCUT2D eigenvalue weighted by Gasteiger charge is 1.92. The van der Waals surface area contributed by atoms with Crippen molar-refractivity contribution in [2.75, 3.05) is 6.54 Å². The molecule has 1 heteroatoms. The second kappa shape index (κ2) is 6.39. The molecule has 0 bridgehead atoms. The van der Waals surface area contributed by atoms with E-state index in [0.717, 1.165) is 6.54 Å². The van der Waals surface area contributed by atoms with Gasteiger partial charge in [-0.3, -0.25) is 0 Å². The van der Waals surface area contributed by atoms with Crippen molar-refractivity contribution in [1.82, 2.24) is 5.32 Å². The Labute approximate surface area is 86.8 Å². The zero-order valence-corrected chi connectivity index (χ0v) is 9.03. The van der Waals surface area contributed by atoms with Crippen molar-refractivity contribution in [1.29, 1.82) is 0 Å². The van der Waals surface area contributed by atoms with Gasteiger partial charge in [0.1, 0.15) is 0 Å². The third kappa shape index (κ3) is 4.24. The zero-order valence-electron chi connectivity index (χ0n) is 9.03. The van der Waals surface area contributed by atoms with Gasteiger partial charge in [0, 0.05) is 12.6 Å². The lowest BCUT2D eigenvalue weighted by Crippen LogP contribution is -2.24. The van der Waals surface area contributed by atoms with Gasteiger partial charge in [0.25, 0.3) is 0 Å². The fourth-order valence-electron chi connectivity index (χ4n) is 1.17. The molecule has 0 aromatic heterocycles. The molecule has 0 heterocycles. The van der Waals surface area contributed by atoms with Crippen LogP contribution < -0.4 is 5.32 Å². The number of rotatable bonds is 5. The molecule has 0 unspecified atom stereocenters. The first kappa shape index (κ1) is 11.0. The van der Waals surface area contributed by atoms with E-state index in [9.17, 15) is 0 Å². The Bertz CT molecular complexity index is 264. The second-order valence-electron chi connectivity index (χ2n) is 3.53. The fourth-order valence-corrected chi connectivity index (χ4v) is 1.17. The van der Waals surface area contributed by atoms with Crippen molar-refractivity contribution in [2.45, 2.75) is 26.3 Å². The summed E-state index contributed by atoms with van der Waals surface area (Å²) in [7, 11) is 0. The summed E-state index contributed by atoms with van der Waals surface area (Å²) < 4.78 is 0. The van der Waals surface area contributed by atoms with E-state index in [1.807, 2.05) is 6.07 Å². The van der Waals surface area contributed by atoms with Crippen LogP contribution in [0.15, 0.2) is 36.4 Å². The van der Waals surface area contributed by atoms with Gasteiger partial charge in [0.05, 0.1) is 0 Å². The summed E-state index contributed by atoms with van der Waals surface area (Å²) in [4.78, 5) is 0. The van der Waals surface area contributed by atoms with Gasteiger partial charge in [-0.25, -0.2) is 0 Å². The van der Waals surface area contributed by atoms with Crippen molar-refractivity contribution in [2.24, 2.45) is 0 Å². The maximum absolute atomic E-state index is 3.42. The third-order valence-electron chi connectivity index (χ3n) is 2.31. The van der Waals surface area contributed by atoms with Crippen LogP contribution in [0, 0.1) is 0 Å². The Morgan fingerprint density at radius 1 is 1.29 bits per heavy atom. The Morgan fingerprint density at radius 3 is 2.64 bits per heavy atom. The summed E-state index contributed by atoms with van der Waals surface area (Å²) >= 11 is 0. The molecule has 0 saturated heterocycles. The molecule has 1 atom stereocenters. The highest BCUT2D eigenvalue weighted by Crippen LogP contribution is 2.00. The maximum atomic E-state index is 3.42. The fraction of sp³-hybridized carbons (Fsp3) is 0.385. The summed E-state index contributed by atoms with van der Waals surface area (Å²) in [6.07, 6.45) is 5.50. The van der Waals surface area contributed by atoms with E-state index in [2.05, 4.69) is 55.6 Å². The largest absolute Gasteiger partial charge is 0.311 e. The minimum Gasteiger partial charge on any atom is -0.311 e. The van der Waals surface area contributed by atoms with Gasteiger partial charge < -0.3 is 5.32 Å². The normalized spacial score (nSPS) is 13.3. The molecule has 0 aliphatic carbocycles. The smallest absolute Gasteiger partial charge is 0.0140 e. The molecule has 1 aromatic carbocycles. The van der Waals surface area contributed by atoms with E-state index < -0.39 is 0 Å². The molecule has 0 saturated carbocycles. The van der Waals surface area contributed by atoms with Gasteiger partial charge in [-0.05, 0) is 18.9 Å². The SMILES string of the molecule is CC[C@@H](C)NC/C=C/c1ccccc1. The van der Waals surface area contributed by atoms with Gasteiger partial charge in [0.15, 0.2) is 0 Å². The average molecular weight is 189 g/mol. The average Bonchev–Trinajstić information content (AvgIpc) is 2.25. The van der Waals surface area contributed by atoms with Crippen LogP contribution in [0.5, 0.6) is 0 Å². The molecule has 1 nitrogen and oxygen atoms in total. The number of nitrogens with one attached hydrogen (secondary N) is 1. The van der Waals surface area contributed by atoms with E-state index in [1.54, 1.807) is 0 Å². The van der Waals surface area contributed by atoms with Crippen LogP contribution in [0.1, 0.15) is 25.8 Å². The van der Waals surface area contributed by atoms with Crippen molar-refractivity contribution < 1.29 is 0 Å². The predicted octanol–water partition coefficient (Wildman–Crippen LogP) is 3.09. The van der Waals surface area contributed by atoms with Gasteiger partial charge >= 0.3 is 0 Å². The molecule has 0 spiro atoms. The standard InChI is InChI=1S/C13H19N/c1-3-12(2)14-11-7-10-13-8-5-4-6-9-13/h4-10,12,14H,3,11H2,1-2H3/b10-7+/t12-/m1/s1. The first-order valence-corrected chi connectivity index (χ1v) is 5.28. The van der Waals surface area contributed by atoms with Crippen LogP contribution in [0.4, 0.5) is 0 Å². The minimum absolute atomic E-state index is 0.607. The van der Waals surface area contributed by atoms with Crippen molar-refractivity contribution in [3.63, 3.8) is 0 Å². The van der Waals surface area contributed by atoms with E-state index in [4.69, 9.17) is 0 Å². The Morgan fingerprint density at radius 2 is 2.00 bits per heavy atom. The van der Waals surface area contributed by atoms with Gasteiger partial charge in [0.2, 0.25) is 0 Å². The molecule has 0 aliphatic heterocycles. The Balaban J connectivity index is 2.28. The summed E-state index contributed by atoms with van der Waals surface area (Å²) in [5, 5.41) is 3.42. The van der Waals surface area contributed by atoms with Crippen LogP contribution in [0.2, 0.25) is 0 Å². The lowest BCUT2D eigenvalue weighted by atomic mass is 10.2. The van der Waals surface area contributed by atoms with Crippen molar-refractivity contribution in [3.8, 4) is 0 Å². The molecule has 0 fully saturated rings. The monoisotopic (exact) mass is 189 g/mol. The summed E-state index contributed by atoms with van der Waals surface area (Å²) in [6.45, 7) is 5.35. The van der Waals surface area contributed by atoms with Crippen molar-refractivity contribution in [3.05, 3.63) is 42.0 Å². The van der Waals surface area contributed by atoms with Crippen LogP contribution in [0.3, 0.4) is 0 Å². The third-order valence-corrected chi connectivity index (χ3v) is 2.31. The van der Waals surface area contributed by atoms with Crippen LogP contribution >= 0.6 is 0 Å². The predicted molar refractivity (Wildman–Crippen MR) is 63.2 cm³/mol. The molecule has 0 aliphatic rings. The van der Waals surface area contributed by atoms with Crippen LogP contribution in [-0.4, -0.2) is 12.6 Å². The summed E-state index contributed by atoms with van der Waals surface area (Å²) in [5.74, 6) is 0. The summed E-state index contributed by atoms with van der Waals surface area (Å²) in [6, 6.07) is 11.0. The molecule has 1 aromatic rings. The van der Waals surface area contributed by atoms with Crippen LogP contribution in [0.25, 0.3) is 6.08 Å². The lowest BCUT2D eigenvalue weighted by Gasteiger charge is -2.07. The molecule has 0 radical (unpaired) electrons. The topological polar surface area (TPSA) is 12.0 Å². The van der Waals surface area contributed by atoms with Crippen LogP contribution in [-0.2, 0) is 0 Å². The molecular formula is C13H19N. The first-order chi connectivity index (χ1) is 6.83. The van der Waals surface area contributed by atoms with E-state index >= 15 is 0 Å². The van der Waals surface area contributed by atoms with E-state index in [-0.39, 0.29) is 0 Å². The molecule has 1 N–H and O–H groups in total. The number of hydrogen-bond acceptors (Lipinski definition) is 1. The van der Waals surface area contributed by atoms with Gasteiger partial charge in [-0.2, -0.15) is 0 Å². The Hall–Kier alpha value is -1.08. The summed E-state index contributed by atoms with van der Waals surface area (Å²) in [5.41, 5.74) is 1.26. The highest BCUT2D eigenvalue weighted by molar-refractivity contribution is 5.48. The first-order valence-electron chi connectivity index (χ1n) is 5.28. The Kier molecular flexibility index (Phi) is 5.02. The van der Waals surface area contributed by atoms with E-state index in [0.29, 0.717) is 6.04 Å². The van der Waals surface area contributed by atoms with Gasteiger partial charge in [-0.15, -0.1) is 0 Å². The quantitative estimate of drug-likeness (QED) is 0.750. The zero-order chi connectivity index (χ0) is 10.2. The molecule has 76 valence electrons. The minimum atomic E-state index is 0.607.